The molecule has 0 saturated carbocycles. The molecule has 2 aromatic carbocycles. The van der Waals surface area contributed by atoms with Crippen LogP contribution < -0.4 is 5.32 Å². The first kappa shape index (κ1) is 13.2. The standard InChI is InChI=1S/C17H15NO3/c1-11-15(14-7-2-3-8-16(14)21-11)10-18-13-6-4-5-12(9-13)17(19)20/h2-9,18H,10H2,1H3,(H,19,20). The Hall–Kier alpha value is -2.75. The summed E-state index contributed by atoms with van der Waals surface area (Å²) in [5.74, 6) is -0.0540. The van der Waals surface area contributed by atoms with Gasteiger partial charge in [0, 0.05) is 23.2 Å². The lowest BCUT2D eigenvalue weighted by molar-refractivity contribution is 0.0697. The van der Waals surface area contributed by atoms with E-state index in [1.807, 2.05) is 37.3 Å². The molecule has 3 aromatic rings. The van der Waals surface area contributed by atoms with Gasteiger partial charge >= 0.3 is 5.97 Å². The minimum absolute atomic E-state index is 0.272. The van der Waals surface area contributed by atoms with Crippen molar-refractivity contribution in [3.63, 3.8) is 0 Å². The second kappa shape index (κ2) is 5.32. The van der Waals surface area contributed by atoms with Crippen LogP contribution in [0.5, 0.6) is 0 Å². The maximum Gasteiger partial charge on any atom is 0.335 e. The van der Waals surface area contributed by atoms with E-state index < -0.39 is 5.97 Å². The van der Waals surface area contributed by atoms with E-state index in [1.54, 1.807) is 18.2 Å². The normalized spacial score (nSPS) is 10.7. The predicted molar refractivity (Wildman–Crippen MR) is 81.7 cm³/mol. The molecule has 106 valence electrons. The van der Waals surface area contributed by atoms with Gasteiger partial charge < -0.3 is 14.8 Å². The number of carbonyl (C=O) groups is 1. The molecule has 0 bridgehead atoms. The van der Waals surface area contributed by atoms with E-state index in [0.29, 0.717) is 6.54 Å². The van der Waals surface area contributed by atoms with Crippen molar-refractivity contribution in [3.05, 3.63) is 65.4 Å². The summed E-state index contributed by atoms with van der Waals surface area (Å²) in [6.07, 6.45) is 0. The maximum atomic E-state index is 11.0. The van der Waals surface area contributed by atoms with Crippen molar-refractivity contribution in [2.24, 2.45) is 0 Å². The van der Waals surface area contributed by atoms with Gasteiger partial charge in [-0.1, -0.05) is 24.3 Å². The number of para-hydroxylation sites is 1. The van der Waals surface area contributed by atoms with Crippen molar-refractivity contribution < 1.29 is 14.3 Å². The van der Waals surface area contributed by atoms with Crippen LogP contribution in [0, 0.1) is 6.92 Å². The molecule has 0 spiro atoms. The van der Waals surface area contributed by atoms with Gasteiger partial charge in [-0.15, -0.1) is 0 Å². The number of aryl methyl sites for hydroxylation is 1. The predicted octanol–water partition coefficient (Wildman–Crippen LogP) is 4.05. The quantitative estimate of drug-likeness (QED) is 0.757. The van der Waals surface area contributed by atoms with Crippen LogP contribution in [-0.4, -0.2) is 11.1 Å². The van der Waals surface area contributed by atoms with Crippen molar-refractivity contribution in [1.82, 2.24) is 0 Å². The molecule has 0 fully saturated rings. The van der Waals surface area contributed by atoms with Crippen molar-refractivity contribution in [2.75, 3.05) is 5.32 Å². The molecule has 0 aliphatic rings. The number of furan rings is 1. The Labute approximate surface area is 122 Å². The third-order valence-electron chi connectivity index (χ3n) is 3.48. The highest BCUT2D eigenvalue weighted by molar-refractivity contribution is 5.88. The van der Waals surface area contributed by atoms with Crippen molar-refractivity contribution in [3.8, 4) is 0 Å². The van der Waals surface area contributed by atoms with Crippen molar-refractivity contribution >= 4 is 22.6 Å². The van der Waals surface area contributed by atoms with Crippen LogP contribution in [0.4, 0.5) is 5.69 Å². The number of hydrogen-bond donors (Lipinski definition) is 2. The number of benzene rings is 2. The fourth-order valence-corrected chi connectivity index (χ4v) is 2.39. The highest BCUT2D eigenvalue weighted by atomic mass is 16.4. The smallest absolute Gasteiger partial charge is 0.335 e. The summed E-state index contributed by atoms with van der Waals surface area (Å²) >= 11 is 0. The Morgan fingerprint density at radius 1 is 1.19 bits per heavy atom. The molecule has 0 radical (unpaired) electrons. The van der Waals surface area contributed by atoms with Crippen molar-refractivity contribution in [2.45, 2.75) is 13.5 Å². The molecule has 0 aliphatic carbocycles. The van der Waals surface area contributed by atoms with E-state index in [0.717, 1.165) is 28.0 Å². The number of hydrogen-bond acceptors (Lipinski definition) is 3. The highest BCUT2D eigenvalue weighted by Gasteiger charge is 2.10. The molecule has 0 unspecified atom stereocenters. The summed E-state index contributed by atoms with van der Waals surface area (Å²) in [7, 11) is 0. The van der Waals surface area contributed by atoms with Crippen LogP contribution in [0.3, 0.4) is 0 Å². The second-order valence-electron chi connectivity index (χ2n) is 4.87. The minimum atomic E-state index is -0.927. The van der Waals surface area contributed by atoms with E-state index in [-0.39, 0.29) is 5.56 Å². The van der Waals surface area contributed by atoms with E-state index in [2.05, 4.69) is 5.32 Å². The summed E-state index contributed by atoms with van der Waals surface area (Å²) in [5, 5.41) is 13.3. The number of nitrogens with one attached hydrogen (secondary N) is 1. The monoisotopic (exact) mass is 281 g/mol. The number of carboxylic acids is 1. The van der Waals surface area contributed by atoms with Gasteiger partial charge in [-0.25, -0.2) is 4.79 Å². The van der Waals surface area contributed by atoms with Crippen LogP contribution in [-0.2, 0) is 6.54 Å². The zero-order chi connectivity index (χ0) is 14.8. The lowest BCUT2D eigenvalue weighted by Gasteiger charge is -2.07. The molecule has 2 N–H and O–H groups in total. The number of anilines is 1. The lowest BCUT2D eigenvalue weighted by atomic mass is 10.1. The molecule has 4 nitrogen and oxygen atoms in total. The third-order valence-corrected chi connectivity index (χ3v) is 3.48. The van der Waals surface area contributed by atoms with Crippen LogP contribution >= 0.6 is 0 Å². The Kier molecular flexibility index (Phi) is 3.36. The molecule has 0 amide bonds. The van der Waals surface area contributed by atoms with Crippen LogP contribution in [0.25, 0.3) is 11.0 Å². The summed E-state index contributed by atoms with van der Waals surface area (Å²) in [4.78, 5) is 11.0. The van der Waals surface area contributed by atoms with Gasteiger partial charge in [0.25, 0.3) is 0 Å². The molecular weight excluding hydrogens is 266 g/mol. The average Bonchev–Trinajstić information content (AvgIpc) is 2.81. The molecule has 0 aliphatic heterocycles. The lowest BCUT2D eigenvalue weighted by Crippen LogP contribution is -2.02. The van der Waals surface area contributed by atoms with Crippen LogP contribution in [0.15, 0.2) is 52.9 Å². The SMILES string of the molecule is Cc1oc2ccccc2c1CNc1cccc(C(=O)O)c1. The Morgan fingerprint density at radius 2 is 2.00 bits per heavy atom. The first-order chi connectivity index (χ1) is 10.1. The largest absolute Gasteiger partial charge is 0.478 e. The van der Waals surface area contributed by atoms with Gasteiger partial charge in [0.05, 0.1) is 5.56 Å². The van der Waals surface area contributed by atoms with E-state index in [9.17, 15) is 4.79 Å². The zero-order valence-electron chi connectivity index (χ0n) is 11.6. The Balaban J connectivity index is 1.85. The average molecular weight is 281 g/mol. The molecule has 3 rings (SSSR count). The molecule has 1 heterocycles. The molecule has 0 saturated heterocycles. The van der Waals surface area contributed by atoms with Crippen LogP contribution in [0.1, 0.15) is 21.7 Å². The summed E-state index contributed by atoms with van der Waals surface area (Å²) in [6.45, 7) is 2.52. The van der Waals surface area contributed by atoms with E-state index >= 15 is 0 Å². The topological polar surface area (TPSA) is 62.5 Å². The second-order valence-corrected chi connectivity index (χ2v) is 4.87. The third kappa shape index (κ3) is 2.60. The van der Waals surface area contributed by atoms with E-state index in [1.165, 1.54) is 0 Å². The van der Waals surface area contributed by atoms with E-state index in [4.69, 9.17) is 9.52 Å². The molecule has 0 atom stereocenters. The fourth-order valence-electron chi connectivity index (χ4n) is 2.39. The first-order valence-electron chi connectivity index (χ1n) is 6.69. The minimum Gasteiger partial charge on any atom is -0.478 e. The van der Waals surface area contributed by atoms with Gasteiger partial charge in [-0.2, -0.15) is 0 Å². The molecular formula is C17H15NO3. The van der Waals surface area contributed by atoms with Gasteiger partial charge in [0.1, 0.15) is 11.3 Å². The summed E-state index contributed by atoms with van der Waals surface area (Å²) < 4.78 is 5.72. The van der Waals surface area contributed by atoms with Crippen molar-refractivity contribution in [1.29, 1.82) is 0 Å². The Bertz CT molecular complexity index is 805. The number of aromatic carboxylic acids is 1. The molecule has 21 heavy (non-hydrogen) atoms. The highest BCUT2D eigenvalue weighted by Crippen LogP contribution is 2.26. The molecule has 4 heteroatoms. The van der Waals surface area contributed by atoms with Gasteiger partial charge in [-0.3, -0.25) is 0 Å². The van der Waals surface area contributed by atoms with Gasteiger partial charge in [-0.05, 0) is 31.2 Å². The van der Waals surface area contributed by atoms with Crippen LogP contribution in [0.2, 0.25) is 0 Å². The van der Waals surface area contributed by atoms with Gasteiger partial charge in [0.2, 0.25) is 0 Å². The van der Waals surface area contributed by atoms with Gasteiger partial charge in [0.15, 0.2) is 0 Å². The summed E-state index contributed by atoms with van der Waals surface area (Å²) in [5.41, 5.74) is 3.01. The Morgan fingerprint density at radius 3 is 2.81 bits per heavy atom. The number of fused-ring (bicyclic) bond motifs is 1. The maximum absolute atomic E-state index is 11.0. The fraction of sp³-hybridized carbons (Fsp3) is 0.118. The number of rotatable bonds is 4. The number of carboxylic acid groups (broad SMARTS) is 1. The first-order valence-corrected chi connectivity index (χ1v) is 6.69. The summed E-state index contributed by atoms with van der Waals surface area (Å²) in [6, 6.07) is 14.7. The molecule has 1 aromatic heterocycles. The zero-order valence-corrected chi connectivity index (χ0v) is 11.6.